The minimum absolute atomic E-state index is 0.227. The van der Waals surface area contributed by atoms with Gasteiger partial charge < -0.3 is 10.8 Å². The van der Waals surface area contributed by atoms with Crippen molar-refractivity contribution in [2.24, 2.45) is 5.73 Å². The molecule has 1 saturated carbocycles. The molecule has 0 aromatic carbocycles. The molecule has 1 aliphatic heterocycles. The number of β-amino-alcohol motifs (C(OH)–C–C–N with tert-alkyl or cyclic N) is 1. The van der Waals surface area contributed by atoms with Crippen molar-refractivity contribution in [3.63, 3.8) is 0 Å². The van der Waals surface area contributed by atoms with Gasteiger partial charge in [0.05, 0.1) is 5.60 Å². The number of nitrogens with two attached hydrogens (primary N) is 1. The van der Waals surface area contributed by atoms with Crippen molar-refractivity contribution in [1.82, 2.24) is 4.90 Å². The molecule has 0 amide bonds. The van der Waals surface area contributed by atoms with Crippen LogP contribution in [0, 0.1) is 0 Å². The van der Waals surface area contributed by atoms with Crippen molar-refractivity contribution in [2.45, 2.75) is 69.6 Å². The first-order valence-electron chi connectivity index (χ1n) is 6.83. The van der Waals surface area contributed by atoms with E-state index < -0.39 is 5.60 Å². The highest BCUT2D eigenvalue weighted by atomic mass is 16.3. The van der Waals surface area contributed by atoms with Crippen LogP contribution in [0.3, 0.4) is 0 Å². The summed E-state index contributed by atoms with van der Waals surface area (Å²) in [5, 5.41) is 10.5. The summed E-state index contributed by atoms with van der Waals surface area (Å²) in [7, 11) is 0. The van der Waals surface area contributed by atoms with Crippen LogP contribution in [0.25, 0.3) is 0 Å². The largest absolute Gasteiger partial charge is 0.389 e. The number of likely N-dealkylation sites (tertiary alicyclic amines) is 1. The monoisotopic (exact) mass is 226 g/mol. The molecule has 0 aromatic rings. The third kappa shape index (κ3) is 2.76. The second kappa shape index (κ2) is 5.03. The van der Waals surface area contributed by atoms with E-state index >= 15 is 0 Å². The van der Waals surface area contributed by atoms with Crippen molar-refractivity contribution >= 4 is 0 Å². The van der Waals surface area contributed by atoms with Gasteiger partial charge in [-0.25, -0.2) is 0 Å². The van der Waals surface area contributed by atoms with E-state index in [1.54, 1.807) is 0 Å². The van der Waals surface area contributed by atoms with Crippen molar-refractivity contribution in [3.8, 4) is 0 Å². The maximum Gasteiger partial charge on any atom is 0.0774 e. The average molecular weight is 226 g/mol. The number of hydrogen-bond donors (Lipinski definition) is 2. The van der Waals surface area contributed by atoms with Gasteiger partial charge in [0.2, 0.25) is 0 Å². The van der Waals surface area contributed by atoms with Gasteiger partial charge in [-0.2, -0.15) is 0 Å². The normalized spacial score (nSPS) is 32.8. The highest BCUT2D eigenvalue weighted by molar-refractivity contribution is 4.92. The van der Waals surface area contributed by atoms with Crippen LogP contribution in [0.2, 0.25) is 0 Å². The first-order chi connectivity index (χ1) is 7.61. The second-order valence-electron chi connectivity index (χ2n) is 5.82. The molecule has 0 aromatic heterocycles. The van der Waals surface area contributed by atoms with Crippen LogP contribution in [0.5, 0.6) is 0 Å². The van der Waals surface area contributed by atoms with Crippen molar-refractivity contribution in [2.75, 3.05) is 13.1 Å². The van der Waals surface area contributed by atoms with E-state index in [9.17, 15) is 5.11 Å². The maximum atomic E-state index is 10.5. The number of aliphatic hydroxyl groups is 1. The van der Waals surface area contributed by atoms with E-state index in [2.05, 4.69) is 11.8 Å². The Balaban J connectivity index is 1.95. The summed E-state index contributed by atoms with van der Waals surface area (Å²) < 4.78 is 0. The Morgan fingerprint density at radius 1 is 1.31 bits per heavy atom. The van der Waals surface area contributed by atoms with Gasteiger partial charge in [0, 0.05) is 18.6 Å². The van der Waals surface area contributed by atoms with Crippen molar-refractivity contribution < 1.29 is 5.11 Å². The van der Waals surface area contributed by atoms with Crippen molar-refractivity contribution in [3.05, 3.63) is 0 Å². The van der Waals surface area contributed by atoms with Crippen molar-refractivity contribution in [1.29, 1.82) is 0 Å². The van der Waals surface area contributed by atoms with Gasteiger partial charge >= 0.3 is 0 Å². The van der Waals surface area contributed by atoms with Crippen LogP contribution >= 0.6 is 0 Å². The molecular formula is C13H26N2O. The zero-order valence-electron chi connectivity index (χ0n) is 10.5. The molecular weight excluding hydrogens is 200 g/mol. The summed E-state index contributed by atoms with van der Waals surface area (Å²) >= 11 is 0. The molecule has 16 heavy (non-hydrogen) atoms. The molecule has 0 bridgehead atoms. The van der Waals surface area contributed by atoms with E-state index in [4.69, 9.17) is 5.73 Å². The first-order valence-corrected chi connectivity index (χ1v) is 6.83. The molecule has 0 radical (unpaired) electrons. The number of piperidine rings is 1. The fourth-order valence-corrected chi connectivity index (χ4v) is 3.38. The van der Waals surface area contributed by atoms with E-state index in [0.29, 0.717) is 6.04 Å². The predicted molar refractivity (Wildman–Crippen MR) is 66.3 cm³/mol. The SMILES string of the molecule is CC(N)C1CCCCN1CC1(O)CCCC1. The molecule has 2 unspecified atom stereocenters. The Bertz CT molecular complexity index is 224. The summed E-state index contributed by atoms with van der Waals surface area (Å²) in [6.45, 7) is 4.06. The third-order valence-electron chi connectivity index (χ3n) is 4.30. The fourth-order valence-electron chi connectivity index (χ4n) is 3.38. The predicted octanol–water partition coefficient (Wildman–Crippen LogP) is 1.49. The van der Waals surface area contributed by atoms with Gasteiger partial charge in [-0.05, 0) is 39.2 Å². The van der Waals surface area contributed by atoms with Crippen LogP contribution in [-0.4, -0.2) is 40.8 Å². The summed E-state index contributed by atoms with van der Waals surface area (Å²) in [6, 6.07) is 0.712. The number of rotatable bonds is 3. The summed E-state index contributed by atoms with van der Waals surface area (Å²) in [5.74, 6) is 0. The Morgan fingerprint density at radius 3 is 2.62 bits per heavy atom. The zero-order valence-corrected chi connectivity index (χ0v) is 10.5. The molecule has 2 aliphatic rings. The molecule has 1 heterocycles. The minimum Gasteiger partial charge on any atom is -0.389 e. The molecule has 94 valence electrons. The zero-order chi connectivity index (χ0) is 11.6. The lowest BCUT2D eigenvalue weighted by Gasteiger charge is -2.41. The molecule has 1 saturated heterocycles. The van der Waals surface area contributed by atoms with Crippen LogP contribution in [0.4, 0.5) is 0 Å². The molecule has 3 nitrogen and oxygen atoms in total. The number of nitrogens with zero attached hydrogens (tertiary/aromatic N) is 1. The Morgan fingerprint density at radius 2 is 2.00 bits per heavy atom. The molecule has 2 atom stereocenters. The van der Waals surface area contributed by atoms with Gasteiger partial charge in [-0.1, -0.05) is 19.3 Å². The Hall–Kier alpha value is -0.120. The lowest BCUT2D eigenvalue weighted by atomic mass is 9.93. The lowest BCUT2D eigenvalue weighted by molar-refractivity contribution is -0.0153. The topological polar surface area (TPSA) is 49.5 Å². The van der Waals surface area contributed by atoms with Gasteiger partial charge in [0.15, 0.2) is 0 Å². The van der Waals surface area contributed by atoms with Gasteiger partial charge in [-0.15, -0.1) is 0 Å². The van der Waals surface area contributed by atoms with E-state index in [-0.39, 0.29) is 6.04 Å². The average Bonchev–Trinajstić information content (AvgIpc) is 2.65. The summed E-state index contributed by atoms with van der Waals surface area (Å²) in [4.78, 5) is 2.44. The molecule has 0 spiro atoms. The Labute approximate surface area is 99.0 Å². The van der Waals surface area contributed by atoms with Gasteiger partial charge in [0.1, 0.15) is 0 Å². The van der Waals surface area contributed by atoms with Crippen LogP contribution in [-0.2, 0) is 0 Å². The van der Waals surface area contributed by atoms with E-state index in [1.807, 2.05) is 0 Å². The Kier molecular flexibility index (Phi) is 3.88. The first kappa shape index (κ1) is 12.3. The molecule has 2 fully saturated rings. The van der Waals surface area contributed by atoms with E-state index in [0.717, 1.165) is 25.9 Å². The highest BCUT2D eigenvalue weighted by Gasteiger charge is 2.36. The lowest BCUT2D eigenvalue weighted by Crippen LogP contribution is -2.54. The summed E-state index contributed by atoms with van der Waals surface area (Å²) in [6.07, 6.45) is 8.10. The molecule has 2 rings (SSSR count). The van der Waals surface area contributed by atoms with Crippen LogP contribution < -0.4 is 5.73 Å². The smallest absolute Gasteiger partial charge is 0.0774 e. The maximum absolute atomic E-state index is 10.5. The number of hydrogen-bond acceptors (Lipinski definition) is 3. The second-order valence-corrected chi connectivity index (χ2v) is 5.82. The fraction of sp³-hybridized carbons (Fsp3) is 1.00. The quantitative estimate of drug-likeness (QED) is 0.766. The third-order valence-corrected chi connectivity index (χ3v) is 4.30. The highest BCUT2D eigenvalue weighted by Crippen LogP contribution is 2.32. The van der Waals surface area contributed by atoms with Crippen LogP contribution in [0.1, 0.15) is 51.9 Å². The van der Waals surface area contributed by atoms with E-state index in [1.165, 1.54) is 32.1 Å². The van der Waals surface area contributed by atoms with Gasteiger partial charge in [0.25, 0.3) is 0 Å². The molecule has 1 aliphatic carbocycles. The summed E-state index contributed by atoms with van der Waals surface area (Å²) in [5.41, 5.74) is 5.64. The van der Waals surface area contributed by atoms with Gasteiger partial charge in [-0.3, -0.25) is 4.90 Å². The molecule has 3 N–H and O–H groups in total. The minimum atomic E-state index is -0.412. The van der Waals surface area contributed by atoms with Crippen LogP contribution in [0.15, 0.2) is 0 Å². The molecule has 3 heteroatoms. The standard InChI is InChI=1S/C13H26N2O/c1-11(14)12-6-2-5-9-15(12)10-13(16)7-3-4-8-13/h11-12,16H,2-10,14H2,1H3.